The van der Waals surface area contributed by atoms with Crippen molar-refractivity contribution < 1.29 is 14.4 Å². The van der Waals surface area contributed by atoms with E-state index in [9.17, 15) is 9.59 Å². The van der Waals surface area contributed by atoms with Crippen molar-refractivity contribution in [2.75, 3.05) is 13.2 Å². The summed E-state index contributed by atoms with van der Waals surface area (Å²) in [6, 6.07) is 10.3. The van der Waals surface area contributed by atoms with Gasteiger partial charge in [-0.3, -0.25) is 14.4 Å². The summed E-state index contributed by atoms with van der Waals surface area (Å²) < 4.78 is 0. The lowest BCUT2D eigenvalue weighted by Gasteiger charge is -2.34. The molecule has 2 aliphatic carbocycles. The molecule has 0 spiro atoms. The predicted octanol–water partition coefficient (Wildman–Crippen LogP) is 3.11. The van der Waals surface area contributed by atoms with Gasteiger partial charge in [-0.1, -0.05) is 43.2 Å². The highest BCUT2D eigenvalue weighted by Crippen LogP contribution is 2.51. The van der Waals surface area contributed by atoms with Crippen molar-refractivity contribution >= 4 is 11.8 Å². The van der Waals surface area contributed by atoms with E-state index in [1.165, 1.54) is 23.5 Å². The molecule has 2 amide bonds. The molecule has 0 bridgehead atoms. The van der Waals surface area contributed by atoms with Crippen LogP contribution in [-0.4, -0.2) is 47.0 Å². The van der Waals surface area contributed by atoms with E-state index >= 15 is 0 Å². The number of amides is 2. The smallest absolute Gasteiger partial charge is 0.268 e. The Bertz CT molecular complexity index is 716. The second kappa shape index (κ2) is 6.93. The van der Waals surface area contributed by atoms with Gasteiger partial charge in [-0.15, -0.1) is 0 Å². The van der Waals surface area contributed by atoms with Crippen LogP contribution in [0.15, 0.2) is 30.3 Å². The molecule has 0 aromatic heterocycles. The van der Waals surface area contributed by atoms with Crippen LogP contribution in [0.1, 0.15) is 56.4 Å². The molecule has 27 heavy (non-hydrogen) atoms. The molecule has 5 atom stereocenters. The van der Waals surface area contributed by atoms with Crippen molar-refractivity contribution in [3.05, 3.63) is 35.9 Å². The van der Waals surface area contributed by atoms with Crippen LogP contribution in [0.4, 0.5) is 0 Å². The SMILES string of the molecule is O=C([C@@H]1C[C@@H]2CCCC[C@@H]2N1C(=O)[C@@H]1C[C@@H]1c1ccccc1)N1CCCO1. The average molecular weight is 368 g/mol. The van der Waals surface area contributed by atoms with E-state index < -0.39 is 0 Å². The third-order valence-electron chi connectivity index (χ3n) is 6.96. The first-order valence-corrected chi connectivity index (χ1v) is 10.6. The second-order valence-corrected chi connectivity index (χ2v) is 8.60. The van der Waals surface area contributed by atoms with Gasteiger partial charge in [0.1, 0.15) is 6.04 Å². The van der Waals surface area contributed by atoms with Gasteiger partial charge in [-0.05, 0) is 49.5 Å². The minimum absolute atomic E-state index is 0.00663. The fourth-order valence-corrected chi connectivity index (χ4v) is 5.51. The quantitative estimate of drug-likeness (QED) is 0.824. The summed E-state index contributed by atoms with van der Waals surface area (Å²) in [5.74, 6) is 1.05. The summed E-state index contributed by atoms with van der Waals surface area (Å²) in [6.45, 7) is 1.26. The van der Waals surface area contributed by atoms with E-state index in [4.69, 9.17) is 4.84 Å². The Morgan fingerprint density at radius 3 is 2.56 bits per heavy atom. The Morgan fingerprint density at radius 1 is 0.963 bits per heavy atom. The van der Waals surface area contributed by atoms with Crippen molar-refractivity contribution in [2.24, 2.45) is 11.8 Å². The molecule has 2 saturated carbocycles. The molecule has 0 N–H and O–H groups in total. The number of hydrogen-bond donors (Lipinski definition) is 0. The summed E-state index contributed by atoms with van der Waals surface area (Å²) in [5.41, 5.74) is 1.25. The van der Waals surface area contributed by atoms with Gasteiger partial charge in [-0.2, -0.15) is 0 Å². The van der Waals surface area contributed by atoms with Gasteiger partial charge >= 0.3 is 0 Å². The zero-order chi connectivity index (χ0) is 18.4. The molecular formula is C22H28N2O3. The molecule has 144 valence electrons. The second-order valence-electron chi connectivity index (χ2n) is 8.60. The third kappa shape index (κ3) is 3.06. The molecule has 2 aliphatic heterocycles. The molecule has 2 heterocycles. The number of carbonyl (C=O) groups excluding carboxylic acids is 2. The number of benzene rings is 1. The Hall–Kier alpha value is -1.88. The number of carbonyl (C=O) groups is 2. The molecule has 5 rings (SSSR count). The molecule has 0 radical (unpaired) electrons. The molecule has 1 aromatic rings. The van der Waals surface area contributed by atoms with Gasteiger partial charge in [0.2, 0.25) is 5.91 Å². The normalized spacial score (nSPS) is 35.2. The fraction of sp³-hybridized carbons (Fsp3) is 0.636. The number of fused-ring (bicyclic) bond motifs is 1. The Morgan fingerprint density at radius 2 is 1.78 bits per heavy atom. The van der Waals surface area contributed by atoms with Crippen molar-refractivity contribution in [3.8, 4) is 0 Å². The summed E-state index contributed by atoms with van der Waals surface area (Å²) in [6.07, 6.45) is 7.20. The first-order chi connectivity index (χ1) is 13.2. The number of likely N-dealkylation sites (tertiary alicyclic amines) is 1. The largest absolute Gasteiger partial charge is 0.327 e. The third-order valence-corrected chi connectivity index (χ3v) is 6.96. The van der Waals surface area contributed by atoms with Crippen molar-refractivity contribution in [2.45, 2.75) is 62.9 Å². The molecule has 4 aliphatic rings. The van der Waals surface area contributed by atoms with Crippen LogP contribution in [0.5, 0.6) is 0 Å². The highest BCUT2D eigenvalue weighted by Gasteiger charge is 2.54. The van der Waals surface area contributed by atoms with Crippen molar-refractivity contribution in [1.82, 2.24) is 9.96 Å². The first-order valence-electron chi connectivity index (χ1n) is 10.6. The predicted molar refractivity (Wildman–Crippen MR) is 101 cm³/mol. The van der Waals surface area contributed by atoms with Crippen molar-refractivity contribution in [3.63, 3.8) is 0 Å². The minimum atomic E-state index is -0.319. The van der Waals surface area contributed by atoms with Gasteiger partial charge in [0, 0.05) is 12.0 Å². The van der Waals surface area contributed by atoms with E-state index in [1.54, 1.807) is 0 Å². The van der Waals surface area contributed by atoms with Gasteiger partial charge < -0.3 is 4.90 Å². The maximum absolute atomic E-state index is 13.5. The average Bonchev–Trinajstić information content (AvgIpc) is 3.14. The maximum atomic E-state index is 13.5. The van der Waals surface area contributed by atoms with Crippen LogP contribution in [0, 0.1) is 11.8 Å². The van der Waals surface area contributed by atoms with Crippen LogP contribution in [0.3, 0.4) is 0 Å². The van der Waals surface area contributed by atoms with Crippen LogP contribution in [0.25, 0.3) is 0 Å². The van der Waals surface area contributed by atoms with Crippen LogP contribution in [0.2, 0.25) is 0 Å². The number of nitrogens with zero attached hydrogens (tertiary/aromatic N) is 2. The van der Waals surface area contributed by atoms with Gasteiger partial charge in [0.05, 0.1) is 13.2 Å². The number of hydrogen-bond acceptors (Lipinski definition) is 3. The number of rotatable bonds is 3. The Kier molecular flexibility index (Phi) is 4.43. The summed E-state index contributed by atoms with van der Waals surface area (Å²) in [7, 11) is 0. The molecule has 2 saturated heterocycles. The highest BCUT2D eigenvalue weighted by molar-refractivity contribution is 5.91. The molecule has 4 fully saturated rings. The molecule has 0 unspecified atom stereocenters. The zero-order valence-electron chi connectivity index (χ0n) is 15.8. The number of hydroxylamine groups is 2. The van der Waals surface area contributed by atoms with Crippen molar-refractivity contribution in [1.29, 1.82) is 0 Å². The molecular weight excluding hydrogens is 340 g/mol. The lowest BCUT2D eigenvalue weighted by molar-refractivity contribution is -0.176. The summed E-state index contributed by atoms with van der Waals surface area (Å²) in [4.78, 5) is 34.1. The van der Waals surface area contributed by atoms with E-state index in [1.807, 2.05) is 23.1 Å². The zero-order valence-corrected chi connectivity index (χ0v) is 15.8. The highest BCUT2D eigenvalue weighted by atomic mass is 16.7. The van der Waals surface area contributed by atoms with E-state index in [2.05, 4.69) is 12.1 Å². The first kappa shape index (κ1) is 17.2. The topological polar surface area (TPSA) is 49.9 Å². The van der Waals surface area contributed by atoms with E-state index in [0.29, 0.717) is 25.0 Å². The lowest BCUT2D eigenvalue weighted by Crippen LogP contribution is -2.50. The standard InChI is InChI=1S/C22H28N2O3/c25-21(18-14-17(18)15-7-2-1-3-8-15)24-19-10-5-4-9-16(19)13-20(24)22(26)23-11-6-12-27-23/h1-3,7-8,16-20H,4-6,9-14H2/t16-,17+,18+,19-,20-/m0/s1. The fourth-order valence-electron chi connectivity index (χ4n) is 5.51. The van der Waals surface area contributed by atoms with Crippen LogP contribution < -0.4 is 0 Å². The summed E-state index contributed by atoms with van der Waals surface area (Å²) >= 11 is 0. The maximum Gasteiger partial charge on any atom is 0.268 e. The van der Waals surface area contributed by atoms with E-state index in [-0.39, 0.29) is 29.8 Å². The van der Waals surface area contributed by atoms with Crippen LogP contribution in [-0.2, 0) is 14.4 Å². The molecule has 5 heteroatoms. The van der Waals surface area contributed by atoms with Gasteiger partial charge in [-0.25, -0.2) is 5.06 Å². The lowest BCUT2D eigenvalue weighted by atomic mass is 9.84. The van der Waals surface area contributed by atoms with Gasteiger partial charge in [0.25, 0.3) is 5.91 Å². The molecule has 1 aromatic carbocycles. The Labute approximate surface area is 160 Å². The summed E-state index contributed by atoms with van der Waals surface area (Å²) in [5, 5.41) is 1.52. The minimum Gasteiger partial charge on any atom is -0.327 e. The monoisotopic (exact) mass is 368 g/mol. The molecule has 5 nitrogen and oxygen atoms in total. The van der Waals surface area contributed by atoms with Crippen LogP contribution >= 0.6 is 0 Å². The Balaban J connectivity index is 1.37. The van der Waals surface area contributed by atoms with E-state index in [0.717, 1.165) is 32.1 Å². The van der Waals surface area contributed by atoms with Gasteiger partial charge in [0.15, 0.2) is 0 Å².